The Bertz CT molecular complexity index is 1750. The van der Waals surface area contributed by atoms with E-state index in [-0.39, 0.29) is 40.7 Å². The molecule has 0 spiro atoms. The minimum atomic E-state index is -4.22. The molecular formula is C30H23BrN2O6S. The van der Waals surface area contributed by atoms with Gasteiger partial charge in [-0.2, -0.15) is 0 Å². The average Bonchev–Trinajstić information content (AvgIpc) is 3.51. The monoisotopic (exact) mass is 618 g/mol. The van der Waals surface area contributed by atoms with Crippen LogP contribution in [0.15, 0.2) is 111 Å². The molecule has 0 saturated heterocycles. The van der Waals surface area contributed by atoms with Gasteiger partial charge in [0.25, 0.3) is 15.9 Å². The van der Waals surface area contributed by atoms with Gasteiger partial charge in [-0.3, -0.25) is 19.3 Å². The van der Waals surface area contributed by atoms with Crippen LogP contribution >= 0.6 is 15.9 Å². The second-order valence-corrected chi connectivity index (χ2v) is 11.6. The topological polar surface area (TPSA) is 114 Å². The van der Waals surface area contributed by atoms with Gasteiger partial charge in [0.2, 0.25) is 0 Å². The Labute approximate surface area is 239 Å². The number of fused-ring (bicyclic) bond motifs is 1. The minimum Gasteiger partial charge on any atom is -0.459 e. The van der Waals surface area contributed by atoms with Crippen LogP contribution in [0.2, 0.25) is 0 Å². The summed E-state index contributed by atoms with van der Waals surface area (Å²) in [6.07, 6.45) is 1.44. The molecule has 3 aromatic carbocycles. The maximum absolute atomic E-state index is 13.9. The highest BCUT2D eigenvalue weighted by Gasteiger charge is 2.34. The fourth-order valence-electron chi connectivity index (χ4n) is 4.53. The fraction of sp³-hybridized carbons (Fsp3) is 0.100. The van der Waals surface area contributed by atoms with E-state index in [9.17, 15) is 22.8 Å². The lowest BCUT2D eigenvalue weighted by molar-refractivity contribution is -0.116. The first kappa shape index (κ1) is 27.3. The molecule has 8 nitrogen and oxygen atoms in total. The summed E-state index contributed by atoms with van der Waals surface area (Å²) in [6.45, 7) is 1.91. The molecular weight excluding hydrogens is 596 g/mol. The predicted molar refractivity (Wildman–Crippen MR) is 152 cm³/mol. The molecule has 1 aromatic heterocycles. The van der Waals surface area contributed by atoms with Crippen LogP contribution in [0.1, 0.15) is 50.9 Å². The van der Waals surface area contributed by atoms with Crippen molar-refractivity contribution in [1.29, 1.82) is 0 Å². The number of halogens is 1. The van der Waals surface area contributed by atoms with Crippen LogP contribution in [0.3, 0.4) is 0 Å². The Kier molecular flexibility index (Phi) is 7.55. The maximum Gasteiger partial charge on any atom is 0.300 e. The third kappa shape index (κ3) is 5.28. The third-order valence-corrected chi connectivity index (χ3v) is 8.29. The van der Waals surface area contributed by atoms with Gasteiger partial charge in [-0.1, -0.05) is 59.3 Å². The first-order valence-electron chi connectivity index (χ1n) is 12.3. The van der Waals surface area contributed by atoms with Gasteiger partial charge in [0, 0.05) is 22.0 Å². The summed E-state index contributed by atoms with van der Waals surface area (Å²) in [5.74, 6) is -1.72. The van der Waals surface area contributed by atoms with Crippen molar-refractivity contribution < 1.29 is 27.2 Å². The van der Waals surface area contributed by atoms with E-state index in [4.69, 9.17) is 4.42 Å². The van der Waals surface area contributed by atoms with Gasteiger partial charge in [0.15, 0.2) is 11.5 Å². The van der Waals surface area contributed by atoms with E-state index in [2.05, 4.69) is 15.9 Å². The number of sulfonamides is 1. The molecule has 5 rings (SSSR count). The standard InChI is InChI=1S/C30H23BrN2O6S/c1-2-25(34)28-27(19-7-4-3-5-8-19)24-17-22(31)13-10-21(24)18-33(28)30(36)20-11-14-23(15-12-20)40(37,38)32-29(35)26-9-6-16-39-26/h3-17H,2,18H2,1H3,(H,32,35). The Balaban J connectivity index is 1.53. The summed E-state index contributed by atoms with van der Waals surface area (Å²) in [7, 11) is -4.22. The molecule has 0 saturated carbocycles. The molecule has 10 heteroatoms. The van der Waals surface area contributed by atoms with Crippen LogP contribution in [-0.2, 0) is 21.4 Å². The average molecular weight is 619 g/mol. The second-order valence-electron chi connectivity index (χ2n) is 9.00. The van der Waals surface area contributed by atoms with Crippen LogP contribution in [0.5, 0.6) is 0 Å². The molecule has 2 heterocycles. The van der Waals surface area contributed by atoms with Gasteiger partial charge < -0.3 is 4.42 Å². The lowest BCUT2D eigenvalue weighted by Crippen LogP contribution is -2.37. The highest BCUT2D eigenvalue weighted by Crippen LogP contribution is 2.39. The number of carbonyl (C=O) groups excluding carboxylic acids is 3. The number of hydrogen-bond donors (Lipinski definition) is 1. The molecule has 1 aliphatic rings. The van der Waals surface area contributed by atoms with Crippen molar-refractivity contribution >= 4 is 49.1 Å². The van der Waals surface area contributed by atoms with E-state index < -0.39 is 21.8 Å². The largest absolute Gasteiger partial charge is 0.459 e. The first-order valence-corrected chi connectivity index (χ1v) is 14.6. The normalized spacial score (nSPS) is 13.1. The van der Waals surface area contributed by atoms with Crippen LogP contribution in [0.4, 0.5) is 0 Å². The van der Waals surface area contributed by atoms with E-state index in [1.165, 1.54) is 47.6 Å². The van der Waals surface area contributed by atoms with Gasteiger partial charge in [-0.05, 0) is 65.2 Å². The number of nitrogens with zero attached hydrogens (tertiary/aromatic N) is 1. The summed E-state index contributed by atoms with van der Waals surface area (Å²) in [5.41, 5.74) is 3.64. The lowest BCUT2D eigenvalue weighted by Gasteiger charge is -2.33. The van der Waals surface area contributed by atoms with Crippen molar-refractivity contribution in [2.24, 2.45) is 0 Å². The third-order valence-electron chi connectivity index (χ3n) is 6.45. The van der Waals surface area contributed by atoms with Crippen molar-refractivity contribution in [3.8, 4) is 0 Å². The molecule has 0 bridgehead atoms. The summed E-state index contributed by atoms with van der Waals surface area (Å²) in [5, 5.41) is 0. The molecule has 40 heavy (non-hydrogen) atoms. The summed E-state index contributed by atoms with van der Waals surface area (Å²) < 4.78 is 33.2. The van der Waals surface area contributed by atoms with Crippen LogP contribution in [0.25, 0.3) is 5.57 Å². The number of amides is 2. The van der Waals surface area contributed by atoms with Gasteiger partial charge in [-0.25, -0.2) is 13.1 Å². The molecule has 1 N–H and O–H groups in total. The molecule has 0 radical (unpaired) electrons. The van der Waals surface area contributed by atoms with Crippen LogP contribution in [-0.4, -0.2) is 30.9 Å². The summed E-state index contributed by atoms with van der Waals surface area (Å²) in [6, 6.07) is 23.2. The Morgan fingerprint density at radius 1 is 0.950 bits per heavy atom. The number of allylic oxidation sites excluding steroid dienone is 1. The SMILES string of the molecule is CCC(=O)C1=C(c2ccccc2)c2cc(Br)ccc2CN1C(=O)c1ccc(S(=O)(=O)NC(=O)c2ccco2)cc1. The van der Waals surface area contributed by atoms with E-state index in [0.29, 0.717) is 5.57 Å². The van der Waals surface area contributed by atoms with Gasteiger partial charge in [0.1, 0.15) is 0 Å². The molecule has 202 valence electrons. The highest BCUT2D eigenvalue weighted by atomic mass is 79.9. The lowest BCUT2D eigenvalue weighted by atomic mass is 9.86. The smallest absolute Gasteiger partial charge is 0.300 e. The van der Waals surface area contributed by atoms with E-state index in [0.717, 1.165) is 21.2 Å². The molecule has 0 aliphatic carbocycles. The quantitative estimate of drug-likeness (QED) is 0.290. The molecule has 0 atom stereocenters. The highest BCUT2D eigenvalue weighted by molar-refractivity contribution is 9.10. The van der Waals surface area contributed by atoms with Crippen molar-refractivity contribution in [3.63, 3.8) is 0 Å². The Morgan fingerprint density at radius 2 is 1.68 bits per heavy atom. The zero-order chi connectivity index (χ0) is 28.4. The number of ketones is 1. The molecule has 2 amide bonds. The van der Waals surface area contributed by atoms with E-state index >= 15 is 0 Å². The van der Waals surface area contributed by atoms with E-state index in [1.807, 2.05) is 53.3 Å². The van der Waals surface area contributed by atoms with Gasteiger partial charge in [-0.15, -0.1) is 0 Å². The minimum absolute atomic E-state index is 0.151. The maximum atomic E-state index is 13.9. The summed E-state index contributed by atoms with van der Waals surface area (Å²) >= 11 is 3.53. The number of Topliss-reactive ketones (excluding diaryl/α,β-unsaturated/α-hetero) is 1. The molecule has 0 unspecified atom stereocenters. The summed E-state index contributed by atoms with van der Waals surface area (Å²) in [4.78, 5) is 40.7. The van der Waals surface area contributed by atoms with E-state index in [1.54, 1.807) is 6.92 Å². The van der Waals surface area contributed by atoms with Crippen molar-refractivity contribution in [1.82, 2.24) is 9.62 Å². The van der Waals surface area contributed by atoms with Crippen molar-refractivity contribution in [3.05, 3.63) is 129 Å². The van der Waals surface area contributed by atoms with Crippen molar-refractivity contribution in [2.45, 2.75) is 24.8 Å². The van der Waals surface area contributed by atoms with Crippen LogP contribution in [0, 0.1) is 0 Å². The number of hydrogen-bond acceptors (Lipinski definition) is 6. The number of furan rings is 1. The molecule has 4 aromatic rings. The Morgan fingerprint density at radius 3 is 2.33 bits per heavy atom. The number of carbonyl (C=O) groups is 3. The van der Waals surface area contributed by atoms with Gasteiger partial charge in [0.05, 0.1) is 23.4 Å². The number of rotatable bonds is 7. The second kappa shape index (κ2) is 11.1. The fourth-order valence-corrected chi connectivity index (χ4v) is 5.85. The van der Waals surface area contributed by atoms with Crippen LogP contribution < -0.4 is 4.72 Å². The zero-order valence-electron chi connectivity index (χ0n) is 21.3. The number of nitrogens with one attached hydrogen (secondary N) is 1. The molecule has 1 aliphatic heterocycles. The first-order chi connectivity index (χ1) is 19.2. The zero-order valence-corrected chi connectivity index (χ0v) is 23.7. The number of benzene rings is 3. The molecule has 0 fully saturated rings. The predicted octanol–water partition coefficient (Wildman–Crippen LogP) is 5.56. The van der Waals surface area contributed by atoms with Crippen molar-refractivity contribution in [2.75, 3.05) is 0 Å². The Hall–Kier alpha value is -4.28. The van der Waals surface area contributed by atoms with Gasteiger partial charge >= 0.3 is 5.91 Å².